The van der Waals surface area contributed by atoms with Crippen LogP contribution in [0.4, 0.5) is 0 Å². The van der Waals surface area contributed by atoms with Crippen molar-refractivity contribution < 1.29 is 9.59 Å². The fourth-order valence-corrected chi connectivity index (χ4v) is 3.10. The SMILES string of the molecule is CC(C)c1ccc(SN2C(=O)c3ccccc3C2=O)cc1. The van der Waals surface area contributed by atoms with Crippen LogP contribution in [0.15, 0.2) is 53.4 Å². The molecule has 0 radical (unpaired) electrons. The predicted molar refractivity (Wildman–Crippen MR) is 83.3 cm³/mol. The molecule has 4 heteroatoms. The van der Waals surface area contributed by atoms with Gasteiger partial charge in [-0.3, -0.25) is 9.59 Å². The molecule has 2 amide bonds. The monoisotopic (exact) mass is 297 g/mol. The van der Waals surface area contributed by atoms with Gasteiger partial charge in [-0.25, -0.2) is 4.31 Å². The van der Waals surface area contributed by atoms with Gasteiger partial charge in [0.05, 0.1) is 11.1 Å². The Kier molecular flexibility index (Phi) is 3.55. The summed E-state index contributed by atoms with van der Waals surface area (Å²) in [5.41, 5.74) is 2.20. The van der Waals surface area contributed by atoms with Crippen LogP contribution < -0.4 is 0 Å². The second kappa shape index (κ2) is 5.37. The Hall–Kier alpha value is -2.07. The minimum atomic E-state index is -0.242. The number of nitrogens with zero attached hydrogens (tertiary/aromatic N) is 1. The van der Waals surface area contributed by atoms with E-state index in [1.54, 1.807) is 24.3 Å². The Labute approximate surface area is 128 Å². The van der Waals surface area contributed by atoms with Gasteiger partial charge in [-0.2, -0.15) is 0 Å². The molecule has 1 aliphatic rings. The van der Waals surface area contributed by atoms with Crippen molar-refractivity contribution in [3.05, 3.63) is 65.2 Å². The molecule has 0 fully saturated rings. The third-order valence-corrected chi connectivity index (χ3v) is 4.50. The molecule has 3 rings (SSSR count). The van der Waals surface area contributed by atoms with Crippen molar-refractivity contribution in [2.75, 3.05) is 0 Å². The number of benzene rings is 2. The summed E-state index contributed by atoms with van der Waals surface area (Å²) in [5.74, 6) is -0.0228. The third-order valence-electron chi connectivity index (χ3n) is 3.50. The molecule has 21 heavy (non-hydrogen) atoms. The molecule has 0 aliphatic carbocycles. The molecule has 0 atom stereocenters. The Balaban J connectivity index is 1.83. The summed E-state index contributed by atoms with van der Waals surface area (Å²) in [6, 6.07) is 14.9. The number of imide groups is 1. The molecule has 0 saturated carbocycles. The lowest BCUT2D eigenvalue weighted by atomic mass is 10.0. The predicted octanol–water partition coefficient (Wildman–Crippen LogP) is 4.11. The zero-order valence-electron chi connectivity index (χ0n) is 11.9. The van der Waals surface area contributed by atoms with Gasteiger partial charge in [0.25, 0.3) is 11.8 Å². The van der Waals surface area contributed by atoms with Crippen molar-refractivity contribution in [2.45, 2.75) is 24.7 Å². The smallest absolute Gasteiger partial charge is 0.268 e. The quantitative estimate of drug-likeness (QED) is 0.632. The molecule has 0 aromatic heterocycles. The Morgan fingerprint density at radius 3 is 1.86 bits per heavy atom. The van der Waals surface area contributed by atoms with E-state index in [0.717, 1.165) is 4.90 Å². The van der Waals surface area contributed by atoms with Crippen LogP contribution in [0, 0.1) is 0 Å². The van der Waals surface area contributed by atoms with E-state index in [9.17, 15) is 9.59 Å². The zero-order valence-corrected chi connectivity index (χ0v) is 12.7. The van der Waals surface area contributed by atoms with Crippen LogP contribution >= 0.6 is 11.9 Å². The highest BCUT2D eigenvalue weighted by molar-refractivity contribution is 7.98. The van der Waals surface area contributed by atoms with Gasteiger partial charge in [-0.05, 0) is 47.7 Å². The molecule has 0 saturated heterocycles. The van der Waals surface area contributed by atoms with E-state index in [1.807, 2.05) is 24.3 Å². The summed E-state index contributed by atoms with van der Waals surface area (Å²) in [7, 11) is 0. The van der Waals surface area contributed by atoms with Crippen LogP contribution in [-0.2, 0) is 0 Å². The lowest BCUT2D eigenvalue weighted by Crippen LogP contribution is -2.21. The van der Waals surface area contributed by atoms with Crippen LogP contribution in [0.1, 0.15) is 46.0 Å². The van der Waals surface area contributed by atoms with Gasteiger partial charge in [0.1, 0.15) is 0 Å². The van der Waals surface area contributed by atoms with Crippen LogP contribution in [0.2, 0.25) is 0 Å². The van der Waals surface area contributed by atoms with Crippen LogP contribution in [0.25, 0.3) is 0 Å². The van der Waals surface area contributed by atoms with Crippen LogP contribution in [-0.4, -0.2) is 16.1 Å². The molecule has 0 bridgehead atoms. The number of carbonyl (C=O) groups is 2. The molecule has 0 unspecified atom stereocenters. The van der Waals surface area contributed by atoms with Crippen molar-refractivity contribution in [1.29, 1.82) is 0 Å². The summed E-state index contributed by atoms with van der Waals surface area (Å²) >= 11 is 1.18. The molecular weight excluding hydrogens is 282 g/mol. The Morgan fingerprint density at radius 1 is 0.857 bits per heavy atom. The van der Waals surface area contributed by atoms with Gasteiger partial charge in [0.15, 0.2) is 0 Å². The highest BCUT2D eigenvalue weighted by atomic mass is 32.2. The number of carbonyl (C=O) groups excluding carboxylic acids is 2. The number of rotatable bonds is 3. The minimum Gasteiger partial charge on any atom is -0.268 e. The lowest BCUT2D eigenvalue weighted by Gasteiger charge is -2.13. The number of fused-ring (bicyclic) bond motifs is 1. The Morgan fingerprint density at radius 2 is 1.38 bits per heavy atom. The maximum absolute atomic E-state index is 12.3. The number of hydrogen-bond donors (Lipinski definition) is 0. The minimum absolute atomic E-state index is 0.242. The summed E-state index contributed by atoms with van der Waals surface area (Å²) in [4.78, 5) is 25.4. The molecule has 106 valence electrons. The number of hydrogen-bond acceptors (Lipinski definition) is 3. The molecule has 2 aromatic rings. The summed E-state index contributed by atoms with van der Waals surface area (Å²) in [5, 5.41) is 0. The first-order valence-electron chi connectivity index (χ1n) is 6.83. The van der Waals surface area contributed by atoms with Crippen molar-refractivity contribution in [2.24, 2.45) is 0 Å². The molecule has 3 nitrogen and oxygen atoms in total. The molecule has 0 spiro atoms. The van der Waals surface area contributed by atoms with Crippen molar-refractivity contribution in [1.82, 2.24) is 4.31 Å². The first-order valence-corrected chi connectivity index (χ1v) is 7.61. The fourth-order valence-electron chi connectivity index (χ4n) is 2.27. The van der Waals surface area contributed by atoms with Crippen molar-refractivity contribution in [3.63, 3.8) is 0 Å². The van der Waals surface area contributed by atoms with E-state index < -0.39 is 0 Å². The maximum Gasteiger partial charge on any atom is 0.272 e. The van der Waals surface area contributed by atoms with Gasteiger partial charge in [0, 0.05) is 4.90 Å². The van der Waals surface area contributed by atoms with Gasteiger partial charge >= 0.3 is 0 Å². The van der Waals surface area contributed by atoms with E-state index in [0.29, 0.717) is 17.0 Å². The maximum atomic E-state index is 12.3. The molecule has 0 N–H and O–H groups in total. The fraction of sp³-hybridized carbons (Fsp3) is 0.176. The lowest BCUT2D eigenvalue weighted by molar-refractivity contribution is 0.0777. The van der Waals surface area contributed by atoms with Gasteiger partial charge < -0.3 is 0 Å². The molecular formula is C17H15NO2S. The Bertz CT molecular complexity index is 672. The summed E-state index contributed by atoms with van der Waals surface area (Å²) < 4.78 is 1.23. The zero-order chi connectivity index (χ0) is 15.0. The summed E-state index contributed by atoms with van der Waals surface area (Å²) in [6.07, 6.45) is 0. The average Bonchev–Trinajstić information content (AvgIpc) is 2.73. The highest BCUT2D eigenvalue weighted by Crippen LogP contribution is 2.33. The van der Waals surface area contributed by atoms with Crippen molar-refractivity contribution >= 4 is 23.8 Å². The second-order valence-electron chi connectivity index (χ2n) is 5.27. The van der Waals surface area contributed by atoms with E-state index in [4.69, 9.17) is 0 Å². The van der Waals surface area contributed by atoms with Gasteiger partial charge in [0.2, 0.25) is 0 Å². The largest absolute Gasteiger partial charge is 0.272 e. The molecule has 1 aliphatic heterocycles. The van der Waals surface area contributed by atoms with Gasteiger partial charge in [-0.15, -0.1) is 0 Å². The van der Waals surface area contributed by atoms with Crippen LogP contribution in [0.3, 0.4) is 0 Å². The first kappa shape index (κ1) is 13.9. The normalized spacial score (nSPS) is 14.0. The first-order chi connectivity index (χ1) is 10.1. The van der Waals surface area contributed by atoms with E-state index in [1.165, 1.54) is 21.8 Å². The average molecular weight is 297 g/mol. The van der Waals surface area contributed by atoms with Crippen molar-refractivity contribution in [3.8, 4) is 0 Å². The third kappa shape index (κ3) is 2.47. The molecule has 2 aromatic carbocycles. The van der Waals surface area contributed by atoms with E-state index >= 15 is 0 Å². The second-order valence-corrected chi connectivity index (χ2v) is 6.28. The van der Waals surface area contributed by atoms with Gasteiger partial charge in [-0.1, -0.05) is 38.1 Å². The highest BCUT2D eigenvalue weighted by Gasteiger charge is 2.36. The summed E-state index contributed by atoms with van der Waals surface area (Å²) in [6.45, 7) is 4.26. The standard InChI is InChI=1S/C17H15NO2S/c1-11(2)12-7-9-13(10-8-12)21-18-16(19)14-5-3-4-6-15(14)17(18)20/h3-11H,1-2H3. The van der Waals surface area contributed by atoms with Crippen LogP contribution in [0.5, 0.6) is 0 Å². The number of amides is 2. The topological polar surface area (TPSA) is 37.4 Å². The molecule has 1 heterocycles. The van der Waals surface area contributed by atoms with E-state index in [-0.39, 0.29) is 11.8 Å². The van der Waals surface area contributed by atoms with E-state index in [2.05, 4.69) is 13.8 Å².